The molecule has 1 atom stereocenters. The first-order valence-corrected chi connectivity index (χ1v) is 6.20. The van der Waals surface area contributed by atoms with Gasteiger partial charge in [0.25, 0.3) is 0 Å². The fourth-order valence-electron chi connectivity index (χ4n) is 2.08. The van der Waals surface area contributed by atoms with Crippen molar-refractivity contribution in [3.63, 3.8) is 0 Å². The Bertz CT molecular complexity index is 714. The zero-order valence-electron chi connectivity index (χ0n) is 10.5. The molecule has 1 aromatic carbocycles. The highest BCUT2D eigenvalue weighted by molar-refractivity contribution is 5.78. The summed E-state index contributed by atoms with van der Waals surface area (Å²) in [5.74, 6) is 1.81. The second-order valence-corrected chi connectivity index (χ2v) is 4.47. The molecule has 2 aromatic heterocycles. The average Bonchev–Trinajstić information content (AvgIpc) is 3.03. The largest absolute Gasteiger partial charge is 0.464 e. The van der Waals surface area contributed by atoms with Gasteiger partial charge in [0.1, 0.15) is 34.7 Å². The molecule has 0 aliphatic heterocycles. The summed E-state index contributed by atoms with van der Waals surface area (Å²) < 4.78 is 24.4. The molecule has 0 fully saturated rings. The van der Waals surface area contributed by atoms with Gasteiger partial charge in [0.2, 0.25) is 0 Å². The topological polar surface area (TPSA) is 52.3 Å². The first kappa shape index (κ1) is 12.0. The number of hydrogen-bond donors (Lipinski definition) is 1. The zero-order valence-corrected chi connectivity index (χ0v) is 10.5. The van der Waals surface area contributed by atoms with E-state index in [1.54, 1.807) is 12.1 Å². The van der Waals surface area contributed by atoms with Crippen LogP contribution in [0.5, 0.6) is 0 Å². The number of aryl methyl sites for hydroxylation is 1. The predicted octanol–water partition coefficient (Wildman–Crippen LogP) is 3.78. The number of hydrogen-bond acceptors (Lipinski definition) is 3. The summed E-state index contributed by atoms with van der Waals surface area (Å²) in [5, 5.41) is 0.702. The summed E-state index contributed by atoms with van der Waals surface area (Å²) in [7, 11) is 0. The summed E-state index contributed by atoms with van der Waals surface area (Å²) >= 11 is 0. The summed E-state index contributed by atoms with van der Waals surface area (Å²) in [4.78, 5) is 0. The average molecular weight is 259 g/mol. The molecule has 0 saturated heterocycles. The van der Waals surface area contributed by atoms with Crippen LogP contribution >= 0.6 is 0 Å². The molecule has 19 heavy (non-hydrogen) atoms. The number of nitrogens with two attached hydrogens (primary N) is 1. The van der Waals surface area contributed by atoms with Crippen molar-refractivity contribution in [1.82, 2.24) is 0 Å². The molecule has 0 spiro atoms. The summed E-state index contributed by atoms with van der Waals surface area (Å²) in [6.45, 7) is 2.01. The molecule has 98 valence electrons. The molecule has 0 saturated carbocycles. The lowest BCUT2D eigenvalue weighted by Crippen LogP contribution is -2.09. The van der Waals surface area contributed by atoms with Crippen molar-refractivity contribution in [3.05, 3.63) is 59.5 Å². The van der Waals surface area contributed by atoms with Gasteiger partial charge in [0.05, 0.1) is 0 Å². The molecule has 3 nitrogen and oxygen atoms in total. The van der Waals surface area contributed by atoms with Crippen LogP contribution in [0.25, 0.3) is 11.0 Å². The van der Waals surface area contributed by atoms with Crippen molar-refractivity contribution in [2.45, 2.75) is 19.4 Å². The van der Waals surface area contributed by atoms with E-state index in [1.807, 2.05) is 19.1 Å². The van der Waals surface area contributed by atoms with E-state index < -0.39 is 6.04 Å². The van der Waals surface area contributed by atoms with Crippen molar-refractivity contribution in [2.24, 2.45) is 5.73 Å². The number of halogens is 1. The molecule has 0 aliphatic carbocycles. The SMILES string of the molecule is CCc1ccc(C(N)c2cc3cc(F)ccc3o2)o1. The molecular formula is C15H14FNO2. The molecule has 3 rings (SSSR count). The lowest BCUT2D eigenvalue weighted by molar-refractivity contribution is 0.424. The van der Waals surface area contributed by atoms with Crippen molar-refractivity contribution >= 4 is 11.0 Å². The Balaban J connectivity index is 1.98. The fraction of sp³-hybridized carbons (Fsp3) is 0.200. The molecule has 0 aliphatic rings. The molecule has 0 bridgehead atoms. The van der Waals surface area contributed by atoms with Crippen LogP contribution in [0.4, 0.5) is 4.39 Å². The van der Waals surface area contributed by atoms with Gasteiger partial charge in [-0.25, -0.2) is 4.39 Å². The van der Waals surface area contributed by atoms with E-state index in [4.69, 9.17) is 14.6 Å². The van der Waals surface area contributed by atoms with Gasteiger partial charge in [-0.15, -0.1) is 0 Å². The second kappa shape index (κ2) is 4.55. The Morgan fingerprint density at radius 3 is 2.68 bits per heavy atom. The minimum atomic E-state index is -0.476. The number of rotatable bonds is 3. The van der Waals surface area contributed by atoms with Gasteiger partial charge in [-0.3, -0.25) is 0 Å². The van der Waals surface area contributed by atoms with Gasteiger partial charge in [0, 0.05) is 11.8 Å². The van der Waals surface area contributed by atoms with E-state index >= 15 is 0 Å². The highest BCUT2D eigenvalue weighted by Gasteiger charge is 2.17. The van der Waals surface area contributed by atoms with E-state index in [2.05, 4.69) is 0 Å². The van der Waals surface area contributed by atoms with E-state index in [1.165, 1.54) is 12.1 Å². The van der Waals surface area contributed by atoms with Gasteiger partial charge in [-0.2, -0.15) is 0 Å². The molecule has 4 heteroatoms. The van der Waals surface area contributed by atoms with Crippen LogP contribution in [0.3, 0.4) is 0 Å². The monoisotopic (exact) mass is 259 g/mol. The predicted molar refractivity (Wildman–Crippen MR) is 70.3 cm³/mol. The molecule has 0 amide bonds. The minimum absolute atomic E-state index is 0.292. The fourth-order valence-corrected chi connectivity index (χ4v) is 2.08. The highest BCUT2D eigenvalue weighted by atomic mass is 19.1. The maximum atomic E-state index is 13.1. The van der Waals surface area contributed by atoms with E-state index in [0.717, 1.165) is 12.2 Å². The van der Waals surface area contributed by atoms with Crippen LogP contribution in [0.2, 0.25) is 0 Å². The lowest BCUT2D eigenvalue weighted by Gasteiger charge is -2.04. The van der Waals surface area contributed by atoms with E-state index in [0.29, 0.717) is 22.5 Å². The second-order valence-electron chi connectivity index (χ2n) is 4.47. The van der Waals surface area contributed by atoms with Crippen molar-refractivity contribution in [1.29, 1.82) is 0 Å². The number of furan rings is 2. The van der Waals surface area contributed by atoms with Crippen LogP contribution in [0, 0.1) is 5.82 Å². The van der Waals surface area contributed by atoms with Crippen molar-refractivity contribution < 1.29 is 13.2 Å². The molecule has 2 N–H and O–H groups in total. The summed E-state index contributed by atoms with van der Waals surface area (Å²) in [6.07, 6.45) is 0.818. The number of benzene rings is 1. The molecule has 2 heterocycles. The van der Waals surface area contributed by atoms with Gasteiger partial charge in [-0.05, 0) is 36.4 Å². The maximum absolute atomic E-state index is 13.1. The quantitative estimate of drug-likeness (QED) is 0.778. The Labute approximate surface area is 109 Å². The molecule has 3 aromatic rings. The Hall–Kier alpha value is -2.07. The zero-order chi connectivity index (χ0) is 13.4. The third-order valence-electron chi connectivity index (χ3n) is 3.14. The van der Waals surface area contributed by atoms with Gasteiger partial charge in [0.15, 0.2) is 0 Å². The summed E-state index contributed by atoms with van der Waals surface area (Å²) in [5.41, 5.74) is 6.72. The third kappa shape index (κ3) is 2.15. The highest BCUT2D eigenvalue weighted by Crippen LogP contribution is 2.28. The molecule has 1 unspecified atom stereocenters. The standard InChI is InChI=1S/C15H14FNO2/c1-2-11-4-6-13(18-11)15(17)14-8-9-7-10(16)3-5-12(9)19-14/h3-8,15H,2,17H2,1H3. The third-order valence-corrected chi connectivity index (χ3v) is 3.14. The van der Waals surface area contributed by atoms with Gasteiger partial charge >= 0.3 is 0 Å². The Kier molecular flexibility index (Phi) is 2.87. The Morgan fingerprint density at radius 1 is 1.11 bits per heavy atom. The van der Waals surface area contributed by atoms with Crippen LogP contribution in [-0.2, 0) is 6.42 Å². The smallest absolute Gasteiger partial charge is 0.134 e. The van der Waals surface area contributed by atoms with Crippen LogP contribution in [-0.4, -0.2) is 0 Å². The number of fused-ring (bicyclic) bond motifs is 1. The Morgan fingerprint density at radius 2 is 1.95 bits per heavy atom. The first-order valence-electron chi connectivity index (χ1n) is 6.20. The first-order chi connectivity index (χ1) is 9.17. The van der Waals surface area contributed by atoms with Crippen molar-refractivity contribution in [2.75, 3.05) is 0 Å². The van der Waals surface area contributed by atoms with Crippen molar-refractivity contribution in [3.8, 4) is 0 Å². The van der Waals surface area contributed by atoms with E-state index in [-0.39, 0.29) is 5.82 Å². The normalized spacial score (nSPS) is 13.0. The molecular weight excluding hydrogens is 245 g/mol. The van der Waals surface area contributed by atoms with Crippen LogP contribution < -0.4 is 5.73 Å². The summed E-state index contributed by atoms with van der Waals surface area (Å²) in [6, 6.07) is 9.40. The maximum Gasteiger partial charge on any atom is 0.134 e. The lowest BCUT2D eigenvalue weighted by atomic mass is 10.1. The van der Waals surface area contributed by atoms with Gasteiger partial charge < -0.3 is 14.6 Å². The van der Waals surface area contributed by atoms with Crippen LogP contribution in [0.1, 0.15) is 30.2 Å². The van der Waals surface area contributed by atoms with Gasteiger partial charge in [-0.1, -0.05) is 6.92 Å². The van der Waals surface area contributed by atoms with E-state index in [9.17, 15) is 4.39 Å². The molecule has 0 radical (unpaired) electrons. The minimum Gasteiger partial charge on any atom is -0.464 e. The van der Waals surface area contributed by atoms with Crippen LogP contribution in [0.15, 0.2) is 45.2 Å².